The third kappa shape index (κ3) is 5.38. The van der Waals surface area contributed by atoms with Gasteiger partial charge in [0.2, 0.25) is 0 Å². The normalized spacial score (nSPS) is 11.2. The first kappa shape index (κ1) is 25.1. The molecule has 0 radical (unpaired) electrons. The first-order valence-corrected chi connectivity index (χ1v) is 11.8. The Morgan fingerprint density at radius 2 is 1.89 bits per heavy atom. The average molecular weight is 519 g/mol. The van der Waals surface area contributed by atoms with Crippen LogP contribution in [0.5, 0.6) is 0 Å². The highest BCUT2D eigenvalue weighted by Crippen LogP contribution is 2.21. The van der Waals surface area contributed by atoms with Crippen molar-refractivity contribution in [2.24, 2.45) is 0 Å². The smallest absolute Gasteiger partial charge is 0.272 e. The number of fused-ring (bicyclic) bond motifs is 1. The van der Waals surface area contributed by atoms with E-state index in [4.69, 9.17) is 5.11 Å². The van der Waals surface area contributed by atoms with Crippen LogP contribution in [0.15, 0.2) is 78.1 Å². The van der Waals surface area contributed by atoms with E-state index in [1.807, 2.05) is 24.3 Å². The lowest BCUT2D eigenvalue weighted by molar-refractivity contribution is 0.102. The molecule has 38 heavy (non-hydrogen) atoms. The third-order valence-corrected chi connectivity index (χ3v) is 6.00. The Morgan fingerprint density at radius 1 is 1.05 bits per heavy atom. The van der Waals surface area contributed by atoms with E-state index >= 15 is 0 Å². The van der Waals surface area contributed by atoms with E-state index in [1.54, 1.807) is 17.0 Å². The van der Waals surface area contributed by atoms with Crippen molar-refractivity contribution in [3.63, 3.8) is 0 Å². The highest BCUT2D eigenvalue weighted by molar-refractivity contribution is 6.04. The van der Waals surface area contributed by atoms with Crippen LogP contribution >= 0.6 is 0 Å². The van der Waals surface area contributed by atoms with E-state index in [-0.39, 0.29) is 30.0 Å². The molecule has 0 unspecified atom stereocenters. The molecule has 0 saturated carbocycles. The highest BCUT2D eigenvalue weighted by atomic mass is 19.2. The minimum atomic E-state index is -0.942. The number of halogens is 2. The van der Waals surface area contributed by atoms with E-state index in [2.05, 4.69) is 20.7 Å². The van der Waals surface area contributed by atoms with Gasteiger partial charge in [-0.05, 0) is 47.5 Å². The molecule has 3 heterocycles. The van der Waals surface area contributed by atoms with E-state index in [1.165, 1.54) is 29.2 Å². The largest absolute Gasteiger partial charge is 0.395 e. The predicted octanol–water partition coefficient (Wildman–Crippen LogP) is 3.18. The molecule has 0 aliphatic rings. The summed E-state index contributed by atoms with van der Waals surface area (Å²) in [6.07, 6.45) is 6.11. The lowest BCUT2D eigenvalue weighted by Crippen LogP contribution is -2.19. The lowest BCUT2D eigenvalue weighted by atomic mass is 10.1. The highest BCUT2D eigenvalue weighted by Gasteiger charge is 2.14. The maximum Gasteiger partial charge on any atom is 0.272 e. The van der Waals surface area contributed by atoms with Gasteiger partial charge in [-0.2, -0.15) is 5.10 Å². The molecule has 3 aromatic heterocycles. The van der Waals surface area contributed by atoms with Gasteiger partial charge in [-0.1, -0.05) is 12.1 Å². The van der Waals surface area contributed by atoms with Gasteiger partial charge in [0.15, 0.2) is 11.6 Å². The number of H-pyrrole nitrogens is 1. The molecular formula is C27H24F2N6O3. The van der Waals surface area contributed by atoms with E-state index in [9.17, 15) is 18.4 Å². The van der Waals surface area contributed by atoms with Crippen molar-refractivity contribution in [1.82, 2.24) is 24.6 Å². The zero-order valence-electron chi connectivity index (χ0n) is 20.1. The summed E-state index contributed by atoms with van der Waals surface area (Å²) in [5, 5.41) is 19.9. The van der Waals surface area contributed by atoms with Gasteiger partial charge < -0.3 is 25.3 Å². The van der Waals surface area contributed by atoms with Crippen molar-refractivity contribution in [2.45, 2.75) is 13.1 Å². The molecule has 2 aromatic carbocycles. The van der Waals surface area contributed by atoms with Crippen molar-refractivity contribution in [2.75, 3.05) is 18.5 Å². The molecule has 0 spiro atoms. The van der Waals surface area contributed by atoms with Crippen LogP contribution in [0.1, 0.15) is 21.5 Å². The van der Waals surface area contributed by atoms with Crippen LogP contribution in [0.25, 0.3) is 16.6 Å². The summed E-state index contributed by atoms with van der Waals surface area (Å²) >= 11 is 0. The molecule has 0 aliphatic carbocycles. The maximum atomic E-state index is 13.5. The van der Waals surface area contributed by atoms with Crippen LogP contribution in [0.2, 0.25) is 0 Å². The van der Waals surface area contributed by atoms with Gasteiger partial charge >= 0.3 is 0 Å². The Balaban J connectivity index is 1.32. The Kier molecular flexibility index (Phi) is 7.11. The number of pyridine rings is 1. The number of hydrogen-bond acceptors (Lipinski definition) is 5. The number of rotatable bonds is 9. The molecule has 11 heteroatoms. The molecule has 0 atom stereocenters. The number of hydrogen-bond donors (Lipinski definition) is 4. The summed E-state index contributed by atoms with van der Waals surface area (Å²) < 4.78 is 29.8. The number of anilines is 1. The van der Waals surface area contributed by atoms with Crippen LogP contribution in [0.4, 0.5) is 14.5 Å². The molecule has 5 aromatic rings. The van der Waals surface area contributed by atoms with Crippen molar-refractivity contribution < 1.29 is 18.7 Å². The zero-order chi connectivity index (χ0) is 26.6. The molecule has 0 aliphatic heterocycles. The fourth-order valence-electron chi connectivity index (χ4n) is 4.15. The van der Waals surface area contributed by atoms with Gasteiger partial charge in [0.1, 0.15) is 5.69 Å². The predicted molar refractivity (Wildman–Crippen MR) is 138 cm³/mol. The van der Waals surface area contributed by atoms with Gasteiger partial charge in [-0.3, -0.25) is 14.3 Å². The number of aromatic amines is 1. The number of carbonyl (C=O) groups is 1. The van der Waals surface area contributed by atoms with Crippen LogP contribution in [0, 0.1) is 11.6 Å². The van der Waals surface area contributed by atoms with Crippen LogP contribution < -0.4 is 16.2 Å². The molecule has 0 fully saturated rings. The molecule has 0 saturated heterocycles. The van der Waals surface area contributed by atoms with Gasteiger partial charge in [0.05, 0.1) is 36.1 Å². The summed E-state index contributed by atoms with van der Waals surface area (Å²) in [6, 6.07) is 12.8. The Hall–Kier alpha value is -4.61. The quantitative estimate of drug-likeness (QED) is 0.224. The number of aliphatic hydroxyl groups is 1. The van der Waals surface area contributed by atoms with Gasteiger partial charge in [0.25, 0.3) is 11.5 Å². The summed E-state index contributed by atoms with van der Waals surface area (Å²) in [5.74, 6) is -2.32. The van der Waals surface area contributed by atoms with Crippen molar-refractivity contribution >= 4 is 22.5 Å². The minimum absolute atomic E-state index is 0.0604. The second-order valence-electron chi connectivity index (χ2n) is 8.71. The van der Waals surface area contributed by atoms with Crippen molar-refractivity contribution in [1.29, 1.82) is 0 Å². The molecule has 5 rings (SSSR count). The van der Waals surface area contributed by atoms with E-state index < -0.39 is 17.5 Å². The molecule has 194 valence electrons. The molecule has 0 bridgehead atoms. The monoisotopic (exact) mass is 518 g/mol. The van der Waals surface area contributed by atoms with Crippen LogP contribution in [-0.4, -0.2) is 43.5 Å². The minimum Gasteiger partial charge on any atom is -0.395 e. The van der Waals surface area contributed by atoms with Crippen molar-refractivity contribution in [3.8, 4) is 5.69 Å². The fourth-order valence-corrected chi connectivity index (χ4v) is 4.15. The third-order valence-electron chi connectivity index (χ3n) is 6.00. The molecule has 4 N–H and O–H groups in total. The van der Waals surface area contributed by atoms with Crippen molar-refractivity contribution in [3.05, 3.63) is 112 Å². The Morgan fingerprint density at radius 3 is 2.71 bits per heavy atom. The average Bonchev–Trinajstić information content (AvgIpc) is 3.53. The number of aliphatic hydroxyl groups excluding tert-OH is 1. The first-order valence-electron chi connectivity index (χ1n) is 11.8. The van der Waals surface area contributed by atoms with Crippen LogP contribution in [-0.2, 0) is 13.1 Å². The van der Waals surface area contributed by atoms with Gasteiger partial charge in [-0.15, -0.1) is 0 Å². The summed E-state index contributed by atoms with van der Waals surface area (Å²) in [4.78, 5) is 28.2. The number of carbonyl (C=O) groups excluding carboxylic acids is 1. The van der Waals surface area contributed by atoms with E-state index in [0.29, 0.717) is 24.3 Å². The number of aromatic nitrogens is 4. The fraction of sp³-hybridized carbons (Fsp3) is 0.148. The summed E-state index contributed by atoms with van der Waals surface area (Å²) in [7, 11) is 0. The molecule has 9 nitrogen and oxygen atoms in total. The standard InChI is InChI=1S/C27H24F2N6O3/c28-22-3-1-18(10-23(22)29)15-34-16-21(14-32-34)33-26(37)20-11-25(27(38)31-13-20)35-7-5-19-9-17(2-4-24(19)35)12-30-6-8-36/h1-5,7,9-11,13-14,16,30,36H,6,8,12,15H2,(H,31,38)(H,33,37). The number of benzene rings is 2. The topological polar surface area (TPSA) is 117 Å². The lowest BCUT2D eigenvalue weighted by Gasteiger charge is -2.08. The second-order valence-corrected chi connectivity index (χ2v) is 8.71. The zero-order valence-corrected chi connectivity index (χ0v) is 20.1. The van der Waals surface area contributed by atoms with E-state index in [0.717, 1.165) is 28.6 Å². The molecular weight excluding hydrogens is 494 g/mol. The molecule has 1 amide bonds. The number of nitrogens with zero attached hydrogens (tertiary/aromatic N) is 3. The summed E-state index contributed by atoms with van der Waals surface area (Å²) in [5.41, 5.74) is 2.93. The Labute approximate surface area is 215 Å². The first-order chi connectivity index (χ1) is 18.4. The van der Waals surface area contributed by atoms with Gasteiger partial charge in [0, 0.05) is 37.1 Å². The summed E-state index contributed by atoms with van der Waals surface area (Å²) in [6.45, 7) is 1.36. The second kappa shape index (κ2) is 10.8. The SMILES string of the molecule is O=C(Nc1cnn(Cc2ccc(F)c(F)c2)c1)c1c[nH]c(=O)c(-n2ccc3cc(CNCCO)ccc32)c1. The Bertz CT molecular complexity index is 1670. The number of nitrogens with one attached hydrogen (secondary N) is 3. The maximum absolute atomic E-state index is 13.5. The van der Waals surface area contributed by atoms with Gasteiger partial charge in [-0.25, -0.2) is 8.78 Å². The number of amides is 1. The van der Waals surface area contributed by atoms with Crippen LogP contribution in [0.3, 0.4) is 0 Å².